The number of esters is 2. The fourth-order valence-electron chi connectivity index (χ4n) is 3.24. The van der Waals surface area contributed by atoms with Crippen LogP contribution in [0.25, 0.3) is 0 Å². The zero-order chi connectivity index (χ0) is 18.0. The number of benzene rings is 1. The molecule has 0 unspecified atom stereocenters. The first kappa shape index (κ1) is 18.3. The van der Waals surface area contributed by atoms with Crippen molar-refractivity contribution >= 4 is 11.9 Å². The van der Waals surface area contributed by atoms with Crippen molar-refractivity contribution in [2.45, 2.75) is 26.4 Å². The van der Waals surface area contributed by atoms with Gasteiger partial charge in [-0.1, -0.05) is 30.3 Å². The van der Waals surface area contributed by atoms with Gasteiger partial charge < -0.3 is 9.47 Å². The molecule has 0 aliphatic heterocycles. The number of alkyl halides is 3. The Morgan fingerprint density at radius 3 is 2.17 bits per heavy atom. The molecule has 1 saturated carbocycles. The molecule has 0 saturated heterocycles. The molecule has 0 radical (unpaired) electrons. The molecule has 24 heavy (non-hydrogen) atoms. The maximum absolute atomic E-state index is 13.5. The number of carbonyl (C=O) groups excluding carboxylic acids is 2. The van der Waals surface area contributed by atoms with Crippen LogP contribution < -0.4 is 0 Å². The number of rotatable bonds is 6. The van der Waals surface area contributed by atoms with Crippen molar-refractivity contribution in [1.82, 2.24) is 0 Å². The Bertz CT molecular complexity index is 600. The zero-order valence-electron chi connectivity index (χ0n) is 13.4. The third-order valence-electron chi connectivity index (χ3n) is 4.22. The van der Waals surface area contributed by atoms with Gasteiger partial charge in [-0.25, -0.2) is 0 Å². The molecule has 0 bridgehead atoms. The van der Waals surface area contributed by atoms with Crippen molar-refractivity contribution in [2.24, 2.45) is 17.3 Å². The van der Waals surface area contributed by atoms with E-state index in [-0.39, 0.29) is 19.6 Å². The van der Waals surface area contributed by atoms with Gasteiger partial charge in [0.15, 0.2) is 0 Å². The zero-order valence-corrected chi connectivity index (χ0v) is 13.4. The molecule has 1 aromatic carbocycles. The number of carbonyl (C=O) groups is 2. The third-order valence-corrected chi connectivity index (χ3v) is 4.22. The highest BCUT2D eigenvalue weighted by Gasteiger charge is 2.82. The van der Waals surface area contributed by atoms with E-state index in [9.17, 15) is 22.8 Å². The van der Waals surface area contributed by atoms with Crippen molar-refractivity contribution < 1.29 is 32.2 Å². The first-order chi connectivity index (χ1) is 11.3. The second-order valence-electron chi connectivity index (χ2n) is 5.67. The van der Waals surface area contributed by atoms with Crippen LogP contribution in [0.5, 0.6) is 0 Å². The van der Waals surface area contributed by atoms with Crippen LogP contribution in [0.3, 0.4) is 0 Å². The van der Waals surface area contributed by atoms with Gasteiger partial charge in [0, 0.05) is 0 Å². The summed E-state index contributed by atoms with van der Waals surface area (Å²) in [6.07, 6.45) is -4.92. The van der Waals surface area contributed by atoms with Crippen LogP contribution in [0.15, 0.2) is 30.3 Å². The van der Waals surface area contributed by atoms with Crippen LogP contribution in [-0.4, -0.2) is 31.3 Å². The summed E-state index contributed by atoms with van der Waals surface area (Å²) >= 11 is 0. The predicted molar refractivity (Wildman–Crippen MR) is 78.9 cm³/mol. The van der Waals surface area contributed by atoms with Crippen LogP contribution in [-0.2, 0) is 25.5 Å². The fourth-order valence-corrected chi connectivity index (χ4v) is 3.24. The summed E-state index contributed by atoms with van der Waals surface area (Å²) in [5.41, 5.74) is -1.42. The maximum atomic E-state index is 13.5. The summed E-state index contributed by atoms with van der Waals surface area (Å²) in [5, 5.41) is 0. The molecule has 0 heterocycles. The van der Waals surface area contributed by atoms with E-state index in [1.165, 1.54) is 13.8 Å². The molecule has 0 N–H and O–H groups in total. The smallest absolute Gasteiger partial charge is 0.393 e. The second kappa shape index (κ2) is 6.83. The van der Waals surface area contributed by atoms with Crippen LogP contribution >= 0.6 is 0 Å². The van der Waals surface area contributed by atoms with Crippen LogP contribution in [0, 0.1) is 17.3 Å². The summed E-state index contributed by atoms with van der Waals surface area (Å²) in [4.78, 5) is 24.4. The van der Waals surface area contributed by atoms with Gasteiger partial charge in [0.05, 0.1) is 30.5 Å². The first-order valence-corrected chi connectivity index (χ1v) is 7.73. The molecule has 132 valence electrons. The largest absolute Gasteiger partial charge is 0.466 e. The second-order valence-corrected chi connectivity index (χ2v) is 5.67. The monoisotopic (exact) mass is 344 g/mol. The molecule has 1 aliphatic carbocycles. The molecule has 7 heteroatoms. The highest BCUT2D eigenvalue weighted by molar-refractivity contribution is 5.92. The predicted octanol–water partition coefficient (Wildman–Crippen LogP) is 3.15. The third kappa shape index (κ3) is 3.25. The van der Waals surface area contributed by atoms with Crippen molar-refractivity contribution in [3.63, 3.8) is 0 Å². The molecule has 3 atom stereocenters. The van der Waals surface area contributed by atoms with Gasteiger partial charge in [-0.05, 0) is 25.8 Å². The molecular weight excluding hydrogens is 325 g/mol. The van der Waals surface area contributed by atoms with Crippen molar-refractivity contribution in [2.75, 3.05) is 13.2 Å². The Hall–Kier alpha value is -2.05. The summed E-state index contributed by atoms with van der Waals surface area (Å²) in [5.74, 6) is -5.68. The molecule has 2 rings (SSSR count). The molecule has 1 aliphatic rings. The van der Waals surface area contributed by atoms with E-state index in [2.05, 4.69) is 0 Å². The molecule has 0 amide bonds. The highest BCUT2D eigenvalue weighted by Crippen LogP contribution is 2.67. The standard InChI is InChI=1S/C17H19F3O4/c1-3-23-14(21)12-13(17(18,19)20)16(12,15(22)24-4-2)10-11-8-6-5-7-9-11/h5-9,12-13H,3-4,10H2,1-2H3/t12-,13+,16+/m0/s1. The number of hydrogen-bond acceptors (Lipinski definition) is 4. The minimum atomic E-state index is -4.70. The Morgan fingerprint density at radius 2 is 1.67 bits per heavy atom. The molecule has 1 aromatic rings. The summed E-state index contributed by atoms with van der Waals surface area (Å²) < 4.78 is 50.1. The van der Waals surface area contributed by atoms with Crippen molar-refractivity contribution in [1.29, 1.82) is 0 Å². The van der Waals surface area contributed by atoms with Gasteiger partial charge >= 0.3 is 18.1 Å². The van der Waals surface area contributed by atoms with Gasteiger partial charge in [-0.2, -0.15) is 13.2 Å². The SMILES string of the molecule is CCOC(=O)[C@@H]1[C@@H](C(F)(F)F)[C@]1(Cc1ccccc1)C(=O)OCC. The summed E-state index contributed by atoms with van der Waals surface area (Å²) in [6.45, 7) is 2.91. The van der Waals surface area contributed by atoms with E-state index in [4.69, 9.17) is 9.47 Å². The van der Waals surface area contributed by atoms with E-state index < -0.39 is 35.4 Å². The Balaban J connectivity index is 2.43. The van der Waals surface area contributed by atoms with Crippen LogP contribution in [0.1, 0.15) is 19.4 Å². The van der Waals surface area contributed by atoms with Gasteiger partial charge in [0.2, 0.25) is 0 Å². The van der Waals surface area contributed by atoms with E-state index in [1.807, 2.05) is 0 Å². The minimum Gasteiger partial charge on any atom is -0.466 e. The van der Waals surface area contributed by atoms with Crippen LogP contribution in [0.2, 0.25) is 0 Å². The molecular formula is C17H19F3O4. The Morgan fingerprint density at radius 1 is 1.08 bits per heavy atom. The van der Waals surface area contributed by atoms with Crippen LogP contribution in [0.4, 0.5) is 13.2 Å². The van der Waals surface area contributed by atoms with E-state index in [0.717, 1.165) is 0 Å². The first-order valence-electron chi connectivity index (χ1n) is 7.73. The van der Waals surface area contributed by atoms with Gasteiger partial charge in [0.25, 0.3) is 0 Å². The van der Waals surface area contributed by atoms with Gasteiger partial charge in [0.1, 0.15) is 0 Å². The minimum absolute atomic E-state index is 0.0514. The molecule has 4 nitrogen and oxygen atoms in total. The highest BCUT2D eigenvalue weighted by atomic mass is 19.4. The lowest BCUT2D eigenvalue weighted by Crippen LogP contribution is -2.30. The van der Waals surface area contributed by atoms with Crippen molar-refractivity contribution in [3.05, 3.63) is 35.9 Å². The summed E-state index contributed by atoms with van der Waals surface area (Å²) in [7, 11) is 0. The Kier molecular flexibility index (Phi) is 5.20. The molecule has 1 fully saturated rings. The topological polar surface area (TPSA) is 52.6 Å². The maximum Gasteiger partial charge on any atom is 0.393 e. The van der Waals surface area contributed by atoms with E-state index in [1.54, 1.807) is 30.3 Å². The molecule has 0 spiro atoms. The lowest BCUT2D eigenvalue weighted by atomic mass is 9.92. The number of hydrogen-bond donors (Lipinski definition) is 0. The average Bonchev–Trinajstić information content (AvgIpc) is 3.19. The van der Waals surface area contributed by atoms with Crippen molar-refractivity contribution in [3.8, 4) is 0 Å². The summed E-state index contributed by atoms with van der Waals surface area (Å²) in [6, 6.07) is 8.29. The van der Waals surface area contributed by atoms with E-state index in [0.29, 0.717) is 5.56 Å². The molecule has 0 aromatic heterocycles. The number of halogens is 3. The number of ether oxygens (including phenoxy) is 2. The van der Waals surface area contributed by atoms with Gasteiger partial charge in [-0.3, -0.25) is 9.59 Å². The normalized spacial score (nSPS) is 25.9. The lowest BCUT2D eigenvalue weighted by molar-refractivity contribution is -0.172. The van der Waals surface area contributed by atoms with E-state index >= 15 is 0 Å². The average molecular weight is 344 g/mol. The lowest BCUT2D eigenvalue weighted by Gasteiger charge is -2.17. The quantitative estimate of drug-likeness (QED) is 0.744. The fraction of sp³-hybridized carbons (Fsp3) is 0.529. The Labute approximate surface area is 137 Å². The van der Waals surface area contributed by atoms with Gasteiger partial charge in [-0.15, -0.1) is 0 Å².